The van der Waals surface area contributed by atoms with Gasteiger partial charge in [0.25, 0.3) is 0 Å². The third kappa shape index (κ3) is 1.48. The zero-order chi connectivity index (χ0) is 9.97. The molecule has 2 rings (SSSR count). The number of hydrogen-bond acceptors (Lipinski definition) is 3. The van der Waals surface area contributed by atoms with Gasteiger partial charge in [-0.25, -0.2) is 0 Å². The number of anilines is 1. The number of benzene rings is 1. The number of aryl methyl sites for hydroxylation is 1. The van der Waals surface area contributed by atoms with E-state index >= 15 is 0 Å². The summed E-state index contributed by atoms with van der Waals surface area (Å²) in [4.78, 5) is 0. The van der Waals surface area contributed by atoms with Crippen LogP contribution in [-0.4, -0.2) is 5.16 Å². The minimum atomic E-state index is 0.373. The van der Waals surface area contributed by atoms with Crippen molar-refractivity contribution in [2.45, 2.75) is 13.3 Å². The number of nitrogens with zero attached hydrogens (tertiary/aromatic N) is 1. The van der Waals surface area contributed by atoms with Gasteiger partial charge in [0.2, 0.25) is 5.88 Å². The van der Waals surface area contributed by atoms with Gasteiger partial charge in [-0.3, -0.25) is 0 Å². The zero-order valence-electron chi connectivity index (χ0n) is 8.03. The smallest absolute Gasteiger partial charge is 0.229 e. The highest BCUT2D eigenvalue weighted by molar-refractivity contribution is 5.72. The summed E-state index contributed by atoms with van der Waals surface area (Å²) in [7, 11) is 0. The summed E-state index contributed by atoms with van der Waals surface area (Å²) >= 11 is 0. The summed E-state index contributed by atoms with van der Waals surface area (Å²) in [6.45, 7) is 2.12. The first-order valence-electron chi connectivity index (χ1n) is 4.60. The molecule has 0 saturated heterocycles. The molecule has 3 nitrogen and oxygen atoms in total. The molecule has 3 heteroatoms. The summed E-state index contributed by atoms with van der Waals surface area (Å²) in [6.07, 6.45) is 2.66. The van der Waals surface area contributed by atoms with Crippen LogP contribution in [0.4, 0.5) is 5.88 Å². The standard InChI is InChI=1S/C11H12N2O/c1-2-8-4-3-5-9(6-8)10-7-13-14-11(10)12/h3-7H,2,12H2,1H3. The van der Waals surface area contributed by atoms with Crippen molar-refractivity contribution in [3.63, 3.8) is 0 Å². The van der Waals surface area contributed by atoms with Crippen molar-refractivity contribution in [1.82, 2.24) is 5.16 Å². The summed E-state index contributed by atoms with van der Waals surface area (Å²) in [5, 5.41) is 3.65. The van der Waals surface area contributed by atoms with Gasteiger partial charge in [-0.1, -0.05) is 36.3 Å². The van der Waals surface area contributed by atoms with Crippen LogP contribution >= 0.6 is 0 Å². The molecule has 1 aromatic heterocycles. The molecule has 2 aromatic rings. The van der Waals surface area contributed by atoms with Crippen LogP contribution in [0.3, 0.4) is 0 Å². The normalized spacial score (nSPS) is 10.4. The fraction of sp³-hybridized carbons (Fsp3) is 0.182. The minimum absolute atomic E-state index is 0.373. The van der Waals surface area contributed by atoms with E-state index in [1.807, 2.05) is 12.1 Å². The van der Waals surface area contributed by atoms with Crippen LogP contribution < -0.4 is 5.73 Å². The van der Waals surface area contributed by atoms with Gasteiger partial charge in [0.05, 0.1) is 11.8 Å². The molecule has 0 bridgehead atoms. The van der Waals surface area contributed by atoms with Crippen molar-refractivity contribution >= 4 is 5.88 Å². The van der Waals surface area contributed by atoms with Gasteiger partial charge in [0.1, 0.15) is 0 Å². The lowest BCUT2D eigenvalue weighted by Gasteiger charge is -2.00. The molecular weight excluding hydrogens is 176 g/mol. The van der Waals surface area contributed by atoms with Gasteiger partial charge in [-0.15, -0.1) is 0 Å². The predicted octanol–water partition coefficient (Wildman–Crippen LogP) is 2.49. The monoisotopic (exact) mass is 188 g/mol. The summed E-state index contributed by atoms with van der Waals surface area (Å²) in [6, 6.07) is 8.21. The Balaban J connectivity index is 2.47. The second-order valence-corrected chi connectivity index (χ2v) is 3.16. The Hall–Kier alpha value is -1.77. The number of aromatic nitrogens is 1. The topological polar surface area (TPSA) is 52.0 Å². The molecule has 1 aromatic carbocycles. The van der Waals surface area contributed by atoms with Crippen molar-refractivity contribution in [3.8, 4) is 11.1 Å². The lowest BCUT2D eigenvalue weighted by molar-refractivity contribution is 0.436. The van der Waals surface area contributed by atoms with Gasteiger partial charge in [-0.05, 0) is 17.5 Å². The van der Waals surface area contributed by atoms with Crippen LogP contribution in [0.2, 0.25) is 0 Å². The fourth-order valence-corrected chi connectivity index (χ4v) is 1.42. The van der Waals surface area contributed by atoms with E-state index in [1.165, 1.54) is 5.56 Å². The molecule has 0 aliphatic heterocycles. The predicted molar refractivity (Wildman–Crippen MR) is 55.7 cm³/mol. The average Bonchev–Trinajstić information content (AvgIpc) is 2.65. The van der Waals surface area contributed by atoms with Gasteiger partial charge in [0.15, 0.2) is 0 Å². The Morgan fingerprint density at radius 2 is 2.29 bits per heavy atom. The number of rotatable bonds is 2. The molecule has 14 heavy (non-hydrogen) atoms. The molecule has 72 valence electrons. The van der Waals surface area contributed by atoms with Crippen LogP contribution in [0.15, 0.2) is 35.0 Å². The third-order valence-electron chi connectivity index (χ3n) is 2.24. The summed E-state index contributed by atoms with van der Waals surface area (Å²) in [5.74, 6) is 0.373. The molecule has 0 aliphatic carbocycles. The van der Waals surface area contributed by atoms with Crippen LogP contribution in [-0.2, 0) is 6.42 Å². The first-order chi connectivity index (χ1) is 6.81. The van der Waals surface area contributed by atoms with E-state index in [0.717, 1.165) is 17.5 Å². The molecule has 0 amide bonds. The Kier molecular flexibility index (Phi) is 2.23. The highest BCUT2D eigenvalue weighted by atomic mass is 16.5. The van der Waals surface area contributed by atoms with Crippen molar-refractivity contribution in [3.05, 3.63) is 36.0 Å². The van der Waals surface area contributed by atoms with E-state index in [1.54, 1.807) is 6.20 Å². The maximum Gasteiger partial charge on any atom is 0.229 e. The van der Waals surface area contributed by atoms with Crippen LogP contribution in [0.1, 0.15) is 12.5 Å². The third-order valence-corrected chi connectivity index (χ3v) is 2.24. The first-order valence-corrected chi connectivity index (χ1v) is 4.60. The summed E-state index contributed by atoms with van der Waals surface area (Å²) < 4.78 is 4.82. The minimum Gasteiger partial charge on any atom is -0.367 e. The molecule has 0 atom stereocenters. The van der Waals surface area contributed by atoms with E-state index in [-0.39, 0.29) is 0 Å². The Morgan fingerprint density at radius 1 is 1.43 bits per heavy atom. The van der Waals surface area contributed by atoms with E-state index in [4.69, 9.17) is 10.3 Å². The van der Waals surface area contributed by atoms with Crippen molar-refractivity contribution < 1.29 is 4.52 Å². The van der Waals surface area contributed by atoms with Crippen LogP contribution in [0.5, 0.6) is 0 Å². The Labute approximate surface area is 82.5 Å². The largest absolute Gasteiger partial charge is 0.367 e. The van der Waals surface area contributed by atoms with Crippen LogP contribution in [0, 0.1) is 0 Å². The summed E-state index contributed by atoms with van der Waals surface area (Å²) in [5.41, 5.74) is 8.84. The van der Waals surface area contributed by atoms with E-state index < -0.39 is 0 Å². The van der Waals surface area contributed by atoms with E-state index in [2.05, 4.69) is 24.2 Å². The van der Waals surface area contributed by atoms with Gasteiger partial charge in [0, 0.05) is 0 Å². The fourth-order valence-electron chi connectivity index (χ4n) is 1.42. The molecule has 0 saturated carbocycles. The number of nitrogens with two attached hydrogens (primary N) is 1. The SMILES string of the molecule is CCc1cccc(-c2cnoc2N)c1. The van der Waals surface area contributed by atoms with E-state index in [0.29, 0.717) is 5.88 Å². The van der Waals surface area contributed by atoms with Crippen LogP contribution in [0.25, 0.3) is 11.1 Å². The molecule has 0 spiro atoms. The maximum atomic E-state index is 5.63. The van der Waals surface area contributed by atoms with Crippen molar-refractivity contribution in [2.24, 2.45) is 0 Å². The Bertz CT molecular complexity index is 434. The second kappa shape index (κ2) is 3.54. The lowest BCUT2D eigenvalue weighted by Crippen LogP contribution is -1.86. The van der Waals surface area contributed by atoms with Gasteiger partial charge in [-0.2, -0.15) is 0 Å². The zero-order valence-corrected chi connectivity index (χ0v) is 8.03. The van der Waals surface area contributed by atoms with Crippen molar-refractivity contribution in [2.75, 3.05) is 5.73 Å². The maximum absolute atomic E-state index is 5.63. The second-order valence-electron chi connectivity index (χ2n) is 3.16. The van der Waals surface area contributed by atoms with E-state index in [9.17, 15) is 0 Å². The quantitative estimate of drug-likeness (QED) is 0.787. The number of hydrogen-bond donors (Lipinski definition) is 1. The lowest BCUT2D eigenvalue weighted by atomic mass is 10.0. The first kappa shape index (κ1) is 8.81. The number of nitrogen functional groups attached to an aromatic ring is 1. The molecular formula is C11H12N2O. The Morgan fingerprint density at radius 3 is 2.93 bits per heavy atom. The molecule has 0 aliphatic rings. The molecule has 1 heterocycles. The molecule has 0 unspecified atom stereocenters. The molecule has 0 fully saturated rings. The van der Waals surface area contributed by atoms with Gasteiger partial charge < -0.3 is 10.3 Å². The highest BCUT2D eigenvalue weighted by Crippen LogP contribution is 2.25. The molecule has 0 radical (unpaired) electrons. The average molecular weight is 188 g/mol. The van der Waals surface area contributed by atoms with Gasteiger partial charge >= 0.3 is 0 Å². The highest BCUT2D eigenvalue weighted by Gasteiger charge is 2.06. The molecule has 2 N–H and O–H groups in total. The van der Waals surface area contributed by atoms with Crippen molar-refractivity contribution in [1.29, 1.82) is 0 Å².